The molecule has 0 bridgehead atoms. The zero-order valence-corrected chi connectivity index (χ0v) is 36.9. The Labute approximate surface area is 347 Å². The number of pyridine rings is 2. The van der Waals surface area contributed by atoms with E-state index in [9.17, 15) is 0 Å². The first-order valence-corrected chi connectivity index (χ1v) is 23.0. The van der Waals surface area contributed by atoms with E-state index in [-0.39, 0.29) is 20.1 Å². The minimum absolute atomic E-state index is 0. The maximum Gasteiger partial charge on any atom is 0.121 e. The van der Waals surface area contributed by atoms with E-state index in [2.05, 4.69) is 168 Å². The summed E-state index contributed by atoms with van der Waals surface area (Å²) in [6.07, 6.45) is 6.15. The first kappa shape index (κ1) is 40.7. The Morgan fingerprint density at radius 2 is 1.36 bits per heavy atom. The molecule has 0 saturated carbocycles. The van der Waals surface area contributed by atoms with Crippen molar-refractivity contribution < 1.29 is 24.5 Å². The van der Waals surface area contributed by atoms with Crippen molar-refractivity contribution in [1.29, 1.82) is 0 Å². The number of furan rings is 1. The number of hydrogen-bond donors (Lipinski definition) is 0. The first-order chi connectivity index (χ1) is 26.5. The summed E-state index contributed by atoms with van der Waals surface area (Å²) in [5.74, 6) is 1.25. The van der Waals surface area contributed by atoms with Crippen LogP contribution in [0, 0.1) is 24.0 Å². The van der Waals surface area contributed by atoms with Crippen LogP contribution in [-0.4, -0.2) is 18.0 Å². The Balaban J connectivity index is 0.000000217. The number of benzene rings is 5. The fourth-order valence-corrected chi connectivity index (χ4v) is 8.95. The average Bonchev–Trinajstić information content (AvgIpc) is 3.57. The summed E-state index contributed by atoms with van der Waals surface area (Å²) in [6.45, 7) is 16.2. The Hall–Kier alpha value is -4.93. The average molecular weight is 927 g/mol. The Kier molecular flexibility index (Phi) is 13.0. The Bertz CT molecular complexity index is 2520. The normalized spacial score (nSPS) is 11.4. The maximum atomic E-state index is 6.61. The van der Waals surface area contributed by atoms with E-state index >= 15 is 0 Å². The summed E-state index contributed by atoms with van der Waals surface area (Å²) >= 11 is 0. The molecule has 0 aliphatic heterocycles. The van der Waals surface area contributed by atoms with Crippen LogP contribution in [0.15, 0.2) is 144 Å². The van der Waals surface area contributed by atoms with Gasteiger partial charge in [0.25, 0.3) is 0 Å². The number of hydrogen-bond acceptors (Lipinski definition) is 3. The monoisotopic (exact) mass is 927 g/mol. The number of nitrogens with zero attached hydrogens (tertiary/aromatic N) is 2. The third kappa shape index (κ3) is 9.36. The van der Waals surface area contributed by atoms with Gasteiger partial charge in [0.2, 0.25) is 0 Å². The van der Waals surface area contributed by atoms with Crippen LogP contribution in [0.2, 0.25) is 19.6 Å². The molecule has 3 nitrogen and oxygen atoms in total. The van der Waals surface area contributed by atoms with Gasteiger partial charge in [0.1, 0.15) is 5.58 Å². The maximum absolute atomic E-state index is 6.61. The van der Waals surface area contributed by atoms with Crippen LogP contribution in [0.5, 0.6) is 0 Å². The van der Waals surface area contributed by atoms with E-state index in [4.69, 9.17) is 9.40 Å². The van der Waals surface area contributed by atoms with Gasteiger partial charge in [-0.3, -0.25) is 0 Å². The van der Waals surface area contributed by atoms with E-state index in [1.54, 1.807) is 0 Å². The zero-order chi connectivity index (χ0) is 38.5. The van der Waals surface area contributed by atoms with Crippen molar-refractivity contribution in [3.63, 3.8) is 0 Å². The van der Waals surface area contributed by atoms with E-state index in [1.807, 2.05) is 36.5 Å². The van der Waals surface area contributed by atoms with Gasteiger partial charge < -0.3 is 14.4 Å². The third-order valence-corrected chi connectivity index (χ3v) is 11.9. The SMILES string of the molecule is CC(C)Cc1cc(-c2[c-]cccc2)ncc1[Si](C)(C)C.CC(C)Cc1ccnc(-c2[c-]cc(-c3ccccc3)c3c2oc2cc(-c4ccccc4)ccc23)c1.[Ir]. The van der Waals surface area contributed by atoms with Gasteiger partial charge in [-0.1, -0.05) is 160 Å². The van der Waals surface area contributed by atoms with Gasteiger partial charge in [0.05, 0.1) is 13.7 Å². The fraction of sp³-hybridized carbons (Fsp3) is 0.216. The number of aromatic nitrogens is 2. The summed E-state index contributed by atoms with van der Waals surface area (Å²) < 4.78 is 6.61. The van der Waals surface area contributed by atoms with Crippen molar-refractivity contribution in [2.75, 3.05) is 0 Å². The van der Waals surface area contributed by atoms with Crippen LogP contribution in [0.25, 0.3) is 66.7 Å². The molecule has 0 amide bonds. The molecule has 8 aromatic rings. The van der Waals surface area contributed by atoms with E-state index in [0.29, 0.717) is 11.8 Å². The van der Waals surface area contributed by atoms with Gasteiger partial charge in [-0.05, 0) is 69.9 Å². The predicted molar refractivity (Wildman–Crippen MR) is 235 cm³/mol. The molecule has 1 radical (unpaired) electrons. The molecule has 5 aromatic carbocycles. The molecule has 0 spiro atoms. The predicted octanol–water partition coefficient (Wildman–Crippen LogP) is 13.3. The van der Waals surface area contributed by atoms with E-state index < -0.39 is 8.07 Å². The number of fused-ring (bicyclic) bond motifs is 3. The summed E-state index contributed by atoms with van der Waals surface area (Å²) in [6, 6.07) is 50.9. The van der Waals surface area contributed by atoms with Gasteiger partial charge in [0, 0.05) is 37.9 Å². The molecule has 8 rings (SSSR count). The molecule has 3 heterocycles. The second-order valence-corrected chi connectivity index (χ2v) is 21.4. The summed E-state index contributed by atoms with van der Waals surface area (Å²) in [5, 5.41) is 3.70. The molecule has 3 aromatic heterocycles. The van der Waals surface area contributed by atoms with Crippen LogP contribution < -0.4 is 5.19 Å². The van der Waals surface area contributed by atoms with Crippen LogP contribution in [0.3, 0.4) is 0 Å². The second kappa shape index (κ2) is 17.9. The van der Waals surface area contributed by atoms with Crippen molar-refractivity contribution in [3.05, 3.63) is 163 Å². The molecule has 56 heavy (non-hydrogen) atoms. The van der Waals surface area contributed by atoms with E-state index in [1.165, 1.54) is 21.9 Å². The van der Waals surface area contributed by atoms with Crippen molar-refractivity contribution in [3.8, 4) is 44.8 Å². The Morgan fingerprint density at radius 3 is 2.02 bits per heavy atom. The quantitative estimate of drug-likeness (QED) is 0.107. The smallest absolute Gasteiger partial charge is 0.121 e. The third-order valence-electron chi connectivity index (χ3n) is 9.87. The van der Waals surface area contributed by atoms with Crippen molar-refractivity contribution in [2.45, 2.75) is 60.2 Å². The van der Waals surface area contributed by atoms with Crippen molar-refractivity contribution >= 4 is 35.2 Å². The molecular weight excluding hydrogens is 877 g/mol. The van der Waals surface area contributed by atoms with Gasteiger partial charge in [0.15, 0.2) is 0 Å². The van der Waals surface area contributed by atoms with Crippen LogP contribution in [0.1, 0.15) is 38.8 Å². The molecule has 285 valence electrons. The summed E-state index contributed by atoms with van der Waals surface area (Å²) in [7, 11) is -1.34. The molecule has 0 atom stereocenters. The summed E-state index contributed by atoms with van der Waals surface area (Å²) in [5.41, 5.74) is 13.0. The standard InChI is InChI=1S/C33H26NO.C18H24NSi.Ir/c1-22(2)19-23-17-18-34-30(20-23)28-16-15-27(25-11-7-4-8-12-25)32-29-14-13-26(21-31(29)35-33(28)32)24-9-5-3-6-10-24;1-14(2)11-16-12-17(15-9-7-6-8-10-15)19-13-18(16)20(3,4)5;/h3-15,17-18,20-22H,19H2,1-2H3;6-9,12-14H,11H2,1-5H3;/q2*-1;. The molecule has 5 heteroatoms. The van der Waals surface area contributed by atoms with Crippen LogP contribution in [-0.2, 0) is 32.9 Å². The van der Waals surface area contributed by atoms with Crippen LogP contribution >= 0.6 is 0 Å². The number of rotatable bonds is 9. The van der Waals surface area contributed by atoms with Gasteiger partial charge in [-0.25, -0.2) is 0 Å². The fourth-order valence-electron chi connectivity index (χ4n) is 7.36. The Morgan fingerprint density at radius 1 is 0.661 bits per heavy atom. The minimum Gasteiger partial charge on any atom is -0.501 e. The molecule has 0 fully saturated rings. The van der Waals surface area contributed by atoms with E-state index in [0.717, 1.165) is 74.0 Å². The molecular formula is C51H50IrN2OSi-2. The molecule has 0 aliphatic rings. The van der Waals surface area contributed by atoms with Crippen LogP contribution in [0.4, 0.5) is 0 Å². The molecule has 0 N–H and O–H groups in total. The van der Waals surface area contributed by atoms with Crippen molar-refractivity contribution in [2.24, 2.45) is 11.8 Å². The topological polar surface area (TPSA) is 38.9 Å². The largest absolute Gasteiger partial charge is 0.501 e. The van der Waals surface area contributed by atoms with Gasteiger partial charge in [-0.2, -0.15) is 0 Å². The summed E-state index contributed by atoms with van der Waals surface area (Å²) in [4.78, 5) is 9.40. The van der Waals surface area contributed by atoms with Crippen molar-refractivity contribution in [1.82, 2.24) is 9.97 Å². The van der Waals surface area contributed by atoms with Gasteiger partial charge in [-0.15, -0.1) is 48.0 Å². The van der Waals surface area contributed by atoms with Gasteiger partial charge >= 0.3 is 0 Å². The second-order valence-electron chi connectivity index (χ2n) is 16.3. The molecule has 0 aliphatic carbocycles. The first-order valence-electron chi connectivity index (χ1n) is 19.5. The zero-order valence-electron chi connectivity index (χ0n) is 33.5. The minimum atomic E-state index is -1.34. The molecule has 0 saturated heterocycles. The molecule has 0 unspecified atom stereocenters.